The van der Waals surface area contributed by atoms with Gasteiger partial charge in [0.2, 0.25) is 0 Å². The predicted molar refractivity (Wildman–Crippen MR) is 62.6 cm³/mol. The van der Waals surface area contributed by atoms with Crippen molar-refractivity contribution in [3.8, 4) is 0 Å². The third kappa shape index (κ3) is 1.49. The Morgan fingerprint density at radius 2 is 2.12 bits per heavy atom. The molecule has 0 bridgehead atoms. The van der Waals surface area contributed by atoms with Crippen LogP contribution in [0.4, 0.5) is 0 Å². The van der Waals surface area contributed by atoms with Gasteiger partial charge in [-0.25, -0.2) is 12.7 Å². The Bertz CT molecular complexity index is 580. The Balaban J connectivity index is 2.67. The average Bonchev–Trinajstić information content (AvgIpc) is 2.40. The van der Waals surface area contributed by atoms with Crippen molar-refractivity contribution < 1.29 is 13.2 Å². The zero-order valence-corrected chi connectivity index (χ0v) is 10.6. The number of halogens is 1. The van der Waals surface area contributed by atoms with Crippen molar-refractivity contribution in [2.45, 2.75) is 4.90 Å². The number of fused-ring (bicyclic) bond motifs is 1. The van der Waals surface area contributed by atoms with Crippen LogP contribution in [0.1, 0.15) is 10.4 Å². The van der Waals surface area contributed by atoms with Crippen LogP contribution in [0.5, 0.6) is 0 Å². The van der Waals surface area contributed by atoms with Crippen LogP contribution in [0, 0.1) is 0 Å². The van der Waals surface area contributed by atoms with Gasteiger partial charge in [-0.15, -0.1) is 6.58 Å². The van der Waals surface area contributed by atoms with Crippen LogP contribution in [-0.4, -0.2) is 25.2 Å². The summed E-state index contributed by atoms with van der Waals surface area (Å²) in [5.74, 6) is -0.498. The molecule has 6 heteroatoms. The monoisotopic (exact) mass is 301 g/mol. The molecule has 0 spiro atoms. The molecule has 1 aromatic rings. The lowest BCUT2D eigenvalue weighted by Gasteiger charge is -2.11. The van der Waals surface area contributed by atoms with Crippen LogP contribution >= 0.6 is 15.9 Å². The Morgan fingerprint density at radius 1 is 1.44 bits per heavy atom. The zero-order chi connectivity index (χ0) is 11.9. The molecule has 0 radical (unpaired) electrons. The predicted octanol–water partition coefficient (Wildman–Crippen LogP) is 1.78. The molecule has 4 nitrogen and oxygen atoms in total. The molecule has 0 aromatic heterocycles. The Labute approximate surface area is 102 Å². The van der Waals surface area contributed by atoms with Crippen LogP contribution in [-0.2, 0) is 10.0 Å². The fraction of sp³-hybridized carbons (Fsp3) is 0.100. The summed E-state index contributed by atoms with van der Waals surface area (Å²) in [7, 11) is -3.70. The molecule has 0 saturated carbocycles. The number of carbonyl (C=O) groups excluding carboxylic acids is 1. The molecule has 1 heterocycles. The van der Waals surface area contributed by atoms with Crippen LogP contribution in [0.25, 0.3) is 0 Å². The third-order valence-corrected chi connectivity index (χ3v) is 4.55. The van der Waals surface area contributed by atoms with E-state index in [0.717, 1.165) is 4.31 Å². The number of amides is 1. The largest absolute Gasteiger partial charge is 0.269 e. The Kier molecular flexibility index (Phi) is 2.63. The van der Waals surface area contributed by atoms with Gasteiger partial charge in [0, 0.05) is 4.47 Å². The van der Waals surface area contributed by atoms with E-state index in [4.69, 9.17) is 0 Å². The van der Waals surface area contributed by atoms with Crippen molar-refractivity contribution in [3.05, 3.63) is 40.9 Å². The minimum Gasteiger partial charge on any atom is -0.268 e. The minimum absolute atomic E-state index is 0.00648. The van der Waals surface area contributed by atoms with Crippen LogP contribution in [0.2, 0.25) is 0 Å². The molecule has 1 aromatic carbocycles. The van der Waals surface area contributed by atoms with Crippen molar-refractivity contribution in [1.29, 1.82) is 0 Å². The van der Waals surface area contributed by atoms with Crippen LogP contribution in [0.15, 0.2) is 40.2 Å². The highest BCUT2D eigenvalue weighted by Crippen LogP contribution is 2.32. The lowest BCUT2D eigenvalue weighted by Crippen LogP contribution is -2.29. The highest BCUT2D eigenvalue weighted by atomic mass is 79.9. The SMILES string of the molecule is C=CCN1C(=O)c2ccc(Br)cc2S1(=O)=O. The number of benzene rings is 1. The molecule has 0 unspecified atom stereocenters. The van der Waals surface area contributed by atoms with Gasteiger partial charge in [0.15, 0.2) is 0 Å². The number of nitrogens with zero attached hydrogens (tertiary/aromatic N) is 1. The summed E-state index contributed by atoms with van der Waals surface area (Å²) < 4.78 is 25.4. The molecule has 1 aliphatic heterocycles. The number of hydrogen-bond acceptors (Lipinski definition) is 3. The van der Waals surface area contributed by atoms with E-state index in [-0.39, 0.29) is 17.0 Å². The normalized spacial score (nSPS) is 17.3. The molecule has 0 N–H and O–H groups in total. The Morgan fingerprint density at radius 3 is 2.75 bits per heavy atom. The molecular weight excluding hydrogens is 294 g/mol. The third-order valence-electron chi connectivity index (χ3n) is 2.26. The number of sulfonamides is 1. The number of rotatable bonds is 2. The molecular formula is C10H8BrNO3S. The summed E-state index contributed by atoms with van der Waals surface area (Å²) in [4.78, 5) is 11.8. The van der Waals surface area contributed by atoms with Gasteiger partial charge in [0.1, 0.15) is 4.90 Å². The second-order valence-corrected chi connectivity index (χ2v) is 6.02. The van der Waals surface area contributed by atoms with E-state index in [1.807, 2.05) is 0 Å². The zero-order valence-electron chi connectivity index (χ0n) is 8.18. The van der Waals surface area contributed by atoms with Crippen molar-refractivity contribution in [1.82, 2.24) is 4.31 Å². The molecule has 0 saturated heterocycles. The average molecular weight is 302 g/mol. The van der Waals surface area contributed by atoms with E-state index in [2.05, 4.69) is 22.5 Å². The van der Waals surface area contributed by atoms with Crippen LogP contribution in [0.3, 0.4) is 0 Å². The molecule has 84 valence electrons. The standard InChI is InChI=1S/C10H8BrNO3S/c1-2-5-12-10(13)8-4-3-7(11)6-9(8)16(12,14)15/h2-4,6H,1,5H2. The quantitative estimate of drug-likeness (QED) is 0.783. The highest BCUT2D eigenvalue weighted by Gasteiger charge is 2.40. The maximum atomic E-state index is 12.0. The van der Waals surface area contributed by atoms with Gasteiger partial charge in [-0.1, -0.05) is 22.0 Å². The smallest absolute Gasteiger partial charge is 0.268 e. The van der Waals surface area contributed by atoms with Crippen molar-refractivity contribution in [2.75, 3.05) is 6.54 Å². The van der Waals surface area contributed by atoms with Gasteiger partial charge in [0.05, 0.1) is 12.1 Å². The highest BCUT2D eigenvalue weighted by molar-refractivity contribution is 9.10. The van der Waals surface area contributed by atoms with E-state index in [1.54, 1.807) is 6.07 Å². The molecule has 0 aliphatic carbocycles. The summed E-state index contributed by atoms with van der Waals surface area (Å²) in [6, 6.07) is 4.58. The van der Waals surface area contributed by atoms with Gasteiger partial charge in [-0.05, 0) is 18.2 Å². The van der Waals surface area contributed by atoms with Gasteiger partial charge < -0.3 is 0 Å². The van der Waals surface area contributed by atoms with Gasteiger partial charge in [-0.2, -0.15) is 0 Å². The molecule has 1 aliphatic rings. The molecule has 2 rings (SSSR count). The van der Waals surface area contributed by atoms with E-state index in [1.165, 1.54) is 18.2 Å². The van der Waals surface area contributed by atoms with Crippen molar-refractivity contribution >= 4 is 31.9 Å². The molecule has 16 heavy (non-hydrogen) atoms. The fourth-order valence-electron chi connectivity index (χ4n) is 1.55. The maximum Gasteiger partial charge on any atom is 0.269 e. The first-order valence-electron chi connectivity index (χ1n) is 4.46. The second kappa shape index (κ2) is 3.71. The lowest BCUT2D eigenvalue weighted by atomic mass is 10.2. The lowest BCUT2D eigenvalue weighted by molar-refractivity contribution is 0.0880. The number of hydrogen-bond donors (Lipinski definition) is 0. The molecule has 1 amide bonds. The maximum absolute atomic E-state index is 12.0. The minimum atomic E-state index is -3.70. The fourth-order valence-corrected chi connectivity index (χ4v) is 3.62. The molecule has 0 atom stereocenters. The van der Waals surface area contributed by atoms with Crippen molar-refractivity contribution in [3.63, 3.8) is 0 Å². The number of carbonyl (C=O) groups is 1. The summed E-state index contributed by atoms with van der Waals surface area (Å²) in [5.41, 5.74) is 0.213. The molecule has 0 fully saturated rings. The Hall–Kier alpha value is -1.14. The second-order valence-electron chi connectivity index (χ2n) is 3.27. The van der Waals surface area contributed by atoms with E-state index >= 15 is 0 Å². The summed E-state index contributed by atoms with van der Waals surface area (Å²) in [6.45, 7) is 3.43. The van der Waals surface area contributed by atoms with Crippen molar-refractivity contribution in [2.24, 2.45) is 0 Å². The first-order valence-corrected chi connectivity index (χ1v) is 6.69. The van der Waals surface area contributed by atoms with E-state index < -0.39 is 15.9 Å². The van der Waals surface area contributed by atoms with Gasteiger partial charge in [-0.3, -0.25) is 4.79 Å². The summed E-state index contributed by atoms with van der Waals surface area (Å²) >= 11 is 3.18. The van der Waals surface area contributed by atoms with Crippen LogP contribution < -0.4 is 0 Å². The summed E-state index contributed by atoms with van der Waals surface area (Å²) in [5, 5.41) is 0. The van der Waals surface area contributed by atoms with E-state index in [9.17, 15) is 13.2 Å². The van der Waals surface area contributed by atoms with Gasteiger partial charge in [0.25, 0.3) is 15.9 Å². The first-order chi connectivity index (χ1) is 7.48. The topological polar surface area (TPSA) is 54.5 Å². The summed E-state index contributed by atoms with van der Waals surface area (Å²) in [6.07, 6.45) is 1.39. The first kappa shape index (κ1) is 11.3. The van der Waals surface area contributed by atoms with Gasteiger partial charge >= 0.3 is 0 Å². The van der Waals surface area contributed by atoms with E-state index in [0.29, 0.717) is 4.47 Å².